The molecule has 1 fully saturated rings. The summed E-state index contributed by atoms with van der Waals surface area (Å²) >= 11 is 0. The van der Waals surface area contributed by atoms with Crippen LogP contribution in [0.2, 0.25) is 0 Å². The number of aryl methyl sites for hydroxylation is 1. The minimum absolute atomic E-state index is 0.173. The monoisotopic (exact) mass is 262 g/mol. The molecular formula is C15H22N2O2. The van der Waals surface area contributed by atoms with Gasteiger partial charge < -0.3 is 10.1 Å². The van der Waals surface area contributed by atoms with Crippen LogP contribution in [0, 0.1) is 6.92 Å². The Labute approximate surface area is 114 Å². The van der Waals surface area contributed by atoms with E-state index < -0.39 is 0 Å². The first-order valence-electron chi connectivity index (χ1n) is 6.70. The van der Waals surface area contributed by atoms with E-state index in [1.165, 1.54) is 11.1 Å². The van der Waals surface area contributed by atoms with Gasteiger partial charge in [0, 0.05) is 31.1 Å². The molecule has 0 unspecified atom stereocenters. The van der Waals surface area contributed by atoms with Crippen molar-refractivity contribution in [2.45, 2.75) is 32.4 Å². The van der Waals surface area contributed by atoms with Crippen LogP contribution in [-0.2, 0) is 11.3 Å². The van der Waals surface area contributed by atoms with E-state index in [0.29, 0.717) is 6.42 Å². The SMILES string of the molecule is COc1cc(C)ccc1CN(C)C[C@H]1CCC(=O)N1. The zero-order valence-electron chi connectivity index (χ0n) is 11.9. The lowest BCUT2D eigenvalue weighted by atomic mass is 10.1. The van der Waals surface area contributed by atoms with Crippen LogP contribution in [0.3, 0.4) is 0 Å². The predicted octanol–water partition coefficient (Wildman–Crippen LogP) is 1.71. The van der Waals surface area contributed by atoms with Crippen LogP contribution in [0.25, 0.3) is 0 Å². The Morgan fingerprint density at radius 1 is 1.47 bits per heavy atom. The maximum atomic E-state index is 11.2. The Morgan fingerprint density at radius 2 is 2.26 bits per heavy atom. The number of likely N-dealkylation sites (N-methyl/N-ethyl adjacent to an activating group) is 1. The molecule has 0 aromatic heterocycles. The zero-order chi connectivity index (χ0) is 13.8. The van der Waals surface area contributed by atoms with Crippen molar-refractivity contribution in [1.82, 2.24) is 10.2 Å². The number of methoxy groups -OCH3 is 1. The molecule has 1 heterocycles. The van der Waals surface area contributed by atoms with E-state index in [2.05, 4.69) is 42.4 Å². The van der Waals surface area contributed by atoms with Crippen molar-refractivity contribution in [3.8, 4) is 5.75 Å². The maximum Gasteiger partial charge on any atom is 0.220 e. The van der Waals surface area contributed by atoms with Gasteiger partial charge in [-0.25, -0.2) is 0 Å². The highest BCUT2D eigenvalue weighted by atomic mass is 16.5. The molecule has 1 aliphatic heterocycles. The summed E-state index contributed by atoms with van der Waals surface area (Å²) in [7, 11) is 3.78. The molecule has 104 valence electrons. The van der Waals surface area contributed by atoms with Crippen LogP contribution < -0.4 is 10.1 Å². The van der Waals surface area contributed by atoms with Crippen LogP contribution in [0.4, 0.5) is 0 Å². The highest BCUT2D eigenvalue weighted by Gasteiger charge is 2.22. The van der Waals surface area contributed by atoms with Crippen molar-refractivity contribution in [3.05, 3.63) is 29.3 Å². The number of carbonyl (C=O) groups excluding carboxylic acids is 1. The van der Waals surface area contributed by atoms with E-state index in [-0.39, 0.29) is 11.9 Å². The summed E-state index contributed by atoms with van der Waals surface area (Å²) in [4.78, 5) is 13.4. The molecule has 0 saturated carbocycles. The molecule has 19 heavy (non-hydrogen) atoms. The van der Waals surface area contributed by atoms with Crippen molar-refractivity contribution >= 4 is 5.91 Å². The quantitative estimate of drug-likeness (QED) is 0.878. The van der Waals surface area contributed by atoms with Gasteiger partial charge in [0.2, 0.25) is 5.91 Å². The molecule has 4 nitrogen and oxygen atoms in total. The number of amides is 1. The molecule has 0 radical (unpaired) electrons. The highest BCUT2D eigenvalue weighted by molar-refractivity contribution is 5.78. The molecule has 0 bridgehead atoms. The summed E-state index contributed by atoms with van der Waals surface area (Å²) in [6.07, 6.45) is 1.60. The minimum atomic E-state index is 0.173. The molecule has 4 heteroatoms. The number of hydrogen-bond acceptors (Lipinski definition) is 3. The van der Waals surface area contributed by atoms with Gasteiger partial charge in [0.15, 0.2) is 0 Å². The number of ether oxygens (including phenoxy) is 1. The third kappa shape index (κ3) is 3.70. The molecule has 1 atom stereocenters. The lowest BCUT2D eigenvalue weighted by Crippen LogP contribution is -2.36. The van der Waals surface area contributed by atoms with Crippen molar-refractivity contribution < 1.29 is 9.53 Å². The summed E-state index contributed by atoms with van der Waals surface area (Å²) in [5.41, 5.74) is 2.38. The van der Waals surface area contributed by atoms with Gasteiger partial charge in [-0.05, 0) is 32.0 Å². The van der Waals surface area contributed by atoms with E-state index in [4.69, 9.17) is 4.74 Å². The second kappa shape index (κ2) is 6.06. The smallest absolute Gasteiger partial charge is 0.220 e. The lowest BCUT2D eigenvalue weighted by molar-refractivity contribution is -0.119. The first kappa shape index (κ1) is 13.9. The Hall–Kier alpha value is -1.55. The summed E-state index contributed by atoms with van der Waals surface area (Å²) < 4.78 is 5.42. The van der Waals surface area contributed by atoms with E-state index in [1.807, 2.05) is 0 Å². The summed E-state index contributed by atoms with van der Waals surface area (Å²) in [5, 5.41) is 3.00. The first-order valence-corrected chi connectivity index (χ1v) is 6.70. The van der Waals surface area contributed by atoms with Gasteiger partial charge in [-0.3, -0.25) is 9.69 Å². The number of rotatable bonds is 5. The Bertz CT molecular complexity index is 459. The van der Waals surface area contributed by atoms with Gasteiger partial charge in [-0.1, -0.05) is 12.1 Å². The number of nitrogens with zero attached hydrogens (tertiary/aromatic N) is 1. The highest BCUT2D eigenvalue weighted by Crippen LogP contribution is 2.21. The summed E-state index contributed by atoms with van der Waals surface area (Å²) in [6.45, 7) is 3.77. The van der Waals surface area contributed by atoms with Crippen LogP contribution in [-0.4, -0.2) is 37.6 Å². The van der Waals surface area contributed by atoms with Crippen molar-refractivity contribution in [2.24, 2.45) is 0 Å². The molecular weight excluding hydrogens is 240 g/mol. The van der Waals surface area contributed by atoms with E-state index in [9.17, 15) is 4.79 Å². The van der Waals surface area contributed by atoms with E-state index in [1.54, 1.807) is 7.11 Å². The molecule has 1 aromatic carbocycles. The van der Waals surface area contributed by atoms with E-state index in [0.717, 1.165) is 25.3 Å². The third-order valence-corrected chi connectivity index (χ3v) is 3.50. The fraction of sp³-hybridized carbons (Fsp3) is 0.533. The Balaban J connectivity index is 1.94. The lowest BCUT2D eigenvalue weighted by Gasteiger charge is -2.22. The second-order valence-electron chi connectivity index (χ2n) is 5.32. The summed E-state index contributed by atoms with van der Waals surface area (Å²) in [6, 6.07) is 6.55. The molecule has 1 amide bonds. The van der Waals surface area contributed by atoms with Crippen molar-refractivity contribution in [1.29, 1.82) is 0 Å². The standard InChI is InChI=1S/C15H22N2O2/c1-11-4-5-12(14(8-11)19-3)9-17(2)10-13-6-7-15(18)16-13/h4-5,8,13H,6-7,9-10H2,1-3H3,(H,16,18)/t13-/m1/s1. The fourth-order valence-electron chi connectivity index (χ4n) is 2.53. The topological polar surface area (TPSA) is 41.6 Å². The molecule has 1 aromatic rings. The third-order valence-electron chi connectivity index (χ3n) is 3.50. The number of hydrogen-bond donors (Lipinski definition) is 1. The Kier molecular flexibility index (Phi) is 4.43. The van der Waals surface area contributed by atoms with Crippen LogP contribution >= 0.6 is 0 Å². The summed E-state index contributed by atoms with van der Waals surface area (Å²) in [5.74, 6) is 1.11. The molecule has 2 rings (SSSR count). The molecule has 1 saturated heterocycles. The normalized spacial score (nSPS) is 18.7. The van der Waals surface area contributed by atoms with Gasteiger partial charge in [-0.15, -0.1) is 0 Å². The number of nitrogens with one attached hydrogen (secondary N) is 1. The molecule has 1 aliphatic rings. The molecule has 0 spiro atoms. The fourth-order valence-corrected chi connectivity index (χ4v) is 2.53. The van der Waals surface area contributed by atoms with Gasteiger partial charge in [0.1, 0.15) is 5.75 Å². The largest absolute Gasteiger partial charge is 0.496 e. The van der Waals surface area contributed by atoms with Crippen molar-refractivity contribution in [2.75, 3.05) is 20.7 Å². The van der Waals surface area contributed by atoms with Gasteiger partial charge in [-0.2, -0.15) is 0 Å². The van der Waals surface area contributed by atoms with E-state index >= 15 is 0 Å². The van der Waals surface area contributed by atoms with Gasteiger partial charge >= 0.3 is 0 Å². The second-order valence-corrected chi connectivity index (χ2v) is 5.32. The number of carbonyl (C=O) groups is 1. The van der Waals surface area contributed by atoms with Gasteiger partial charge in [0.25, 0.3) is 0 Å². The minimum Gasteiger partial charge on any atom is -0.496 e. The molecule has 1 N–H and O–H groups in total. The average Bonchev–Trinajstić information content (AvgIpc) is 2.76. The molecule has 0 aliphatic carbocycles. The first-order chi connectivity index (χ1) is 9.08. The number of benzene rings is 1. The van der Waals surface area contributed by atoms with Crippen LogP contribution in [0.5, 0.6) is 5.75 Å². The maximum absolute atomic E-state index is 11.2. The zero-order valence-corrected chi connectivity index (χ0v) is 11.9. The average molecular weight is 262 g/mol. The van der Waals surface area contributed by atoms with Crippen LogP contribution in [0.15, 0.2) is 18.2 Å². The van der Waals surface area contributed by atoms with Crippen LogP contribution in [0.1, 0.15) is 24.0 Å². The van der Waals surface area contributed by atoms with Crippen molar-refractivity contribution in [3.63, 3.8) is 0 Å². The Morgan fingerprint density at radius 3 is 2.89 bits per heavy atom. The predicted molar refractivity (Wildman–Crippen MR) is 75.2 cm³/mol. The van der Waals surface area contributed by atoms with Gasteiger partial charge in [0.05, 0.1) is 7.11 Å².